The molecule has 1 aliphatic heterocycles. The van der Waals surface area contributed by atoms with Crippen LogP contribution >= 0.6 is 23.2 Å². The third-order valence-electron chi connectivity index (χ3n) is 2.26. The van der Waals surface area contributed by atoms with Gasteiger partial charge in [-0.05, 0) is 11.6 Å². The first-order valence-corrected chi connectivity index (χ1v) is 5.44. The summed E-state index contributed by atoms with van der Waals surface area (Å²) in [7, 11) is 1.48. The maximum Gasteiger partial charge on any atom is 0.229 e. The zero-order valence-corrected chi connectivity index (χ0v) is 9.99. The fraction of sp³-hybridized carbons (Fsp3) is 0.444. The molecular formula is C9H9Cl2N3O2. The van der Waals surface area contributed by atoms with E-state index >= 15 is 0 Å². The number of alkyl halides is 1. The Morgan fingerprint density at radius 3 is 2.94 bits per heavy atom. The summed E-state index contributed by atoms with van der Waals surface area (Å²) < 4.78 is 5.08. The monoisotopic (exact) mass is 261 g/mol. The summed E-state index contributed by atoms with van der Waals surface area (Å²) >= 11 is 11.6. The van der Waals surface area contributed by atoms with Crippen molar-refractivity contribution in [2.75, 3.05) is 18.6 Å². The molecule has 1 fully saturated rings. The van der Waals surface area contributed by atoms with Crippen LogP contribution in [0.1, 0.15) is 6.42 Å². The molecule has 2 rings (SSSR count). The predicted octanol–water partition coefficient (Wildman–Crippen LogP) is 1.48. The van der Waals surface area contributed by atoms with E-state index in [4.69, 9.17) is 27.9 Å². The second-order valence-corrected chi connectivity index (χ2v) is 4.29. The van der Waals surface area contributed by atoms with E-state index in [1.54, 1.807) is 0 Å². The zero-order valence-electron chi connectivity index (χ0n) is 8.48. The molecule has 1 atom stereocenters. The van der Waals surface area contributed by atoms with E-state index in [-0.39, 0.29) is 16.6 Å². The maximum absolute atomic E-state index is 11.6. The van der Waals surface area contributed by atoms with Crippen molar-refractivity contribution in [3.05, 3.63) is 11.5 Å². The van der Waals surface area contributed by atoms with Crippen molar-refractivity contribution in [2.24, 2.45) is 0 Å². The molecule has 1 aliphatic rings. The summed E-state index contributed by atoms with van der Waals surface area (Å²) in [6.07, 6.45) is 1.73. The minimum Gasteiger partial charge on any atom is -0.491 e. The van der Waals surface area contributed by atoms with Crippen LogP contribution in [0.3, 0.4) is 0 Å². The molecule has 1 saturated heterocycles. The van der Waals surface area contributed by atoms with Gasteiger partial charge in [-0.2, -0.15) is 4.98 Å². The van der Waals surface area contributed by atoms with E-state index in [1.165, 1.54) is 18.2 Å². The minimum atomic E-state index is -0.203. The summed E-state index contributed by atoms with van der Waals surface area (Å²) in [5, 5.41) is -0.132. The number of ether oxygens (including phenoxy) is 1. The summed E-state index contributed by atoms with van der Waals surface area (Å²) in [5.41, 5.74) is 0. The fourth-order valence-electron chi connectivity index (χ4n) is 1.55. The number of aromatic nitrogens is 2. The molecule has 1 aromatic rings. The Bertz CT molecular complexity index is 427. The summed E-state index contributed by atoms with van der Waals surface area (Å²) in [6, 6.07) is 0. The SMILES string of the molecule is COc1cnc(Cl)nc1N1CC(Cl)CC1=O. The van der Waals surface area contributed by atoms with Crippen LogP contribution < -0.4 is 9.64 Å². The average Bonchev–Trinajstić information content (AvgIpc) is 2.57. The van der Waals surface area contributed by atoms with Gasteiger partial charge in [0.2, 0.25) is 11.2 Å². The number of hydrogen-bond acceptors (Lipinski definition) is 4. The smallest absolute Gasteiger partial charge is 0.229 e. The average molecular weight is 262 g/mol. The highest BCUT2D eigenvalue weighted by Gasteiger charge is 2.32. The van der Waals surface area contributed by atoms with Crippen LogP contribution in [0.4, 0.5) is 5.82 Å². The summed E-state index contributed by atoms with van der Waals surface area (Å²) in [5.74, 6) is 0.687. The summed E-state index contributed by atoms with van der Waals surface area (Å²) in [4.78, 5) is 20.9. The van der Waals surface area contributed by atoms with Crippen LogP contribution in [-0.2, 0) is 4.79 Å². The van der Waals surface area contributed by atoms with Crippen molar-refractivity contribution < 1.29 is 9.53 Å². The highest BCUT2D eigenvalue weighted by Crippen LogP contribution is 2.30. The molecule has 1 unspecified atom stereocenters. The van der Waals surface area contributed by atoms with Crippen molar-refractivity contribution in [2.45, 2.75) is 11.8 Å². The predicted molar refractivity (Wildman–Crippen MR) is 60.2 cm³/mol. The Morgan fingerprint density at radius 2 is 2.38 bits per heavy atom. The third kappa shape index (κ3) is 2.05. The highest BCUT2D eigenvalue weighted by molar-refractivity contribution is 6.28. The van der Waals surface area contributed by atoms with Gasteiger partial charge in [0.1, 0.15) is 0 Å². The Hall–Kier alpha value is -1.07. The zero-order chi connectivity index (χ0) is 11.7. The molecule has 5 nitrogen and oxygen atoms in total. The van der Waals surface area contributed by atoms with Gasteiger partial charge in [-0.3, -0.25) is 9.69 Å². The molecule has 0 saturated carbocycles. The normalized spacial score (nSPS) is 20.3. The number of carbonyl (C=O) groups is 1. The number of rotatable bonds is 2. The van der Waals surface area contributed by atoms with E-state index in [0.717, 1.165) is 0 Å². The lowest BCUT2D eigenvalue weighted by atomic mass is 10.4. The van der Waals surface area contributed by atoms with Gasteiger partial charge >= 0.3 is 0 Å². The Labute approximate surface area is 102 Å². The number of amides is 1. The van der Waals surface area contributed by atoms with Crippen LogP contribution in [0, 0.1) is 0 Å². The van der Waals surface area contributed by atoms with Gasteiger partial charge in [-0.15, -0.1) is 11.6 Å². The van der Waals surface area contributed by atoms with Crippen molar-refractivity contribution in [3.63, 3.8) is 0 Å². The topological polar surface area (TPSA) is 55.3 Å². The molecule has 0 spiro atoms. The van der Waals surface area contributed by atoms with E-state index in [0.29, 0.717) is 24.5 Å². The number of carbonyl (C=O) groups excluding carboxylic acids is 1. The number of halogens is 2. The van der Waals surface area contributed by atoms with Crippen LogP contribution in [0.2, 0.25) is 5.28 Å². The lowest BCUT2D eigenvalue weighted by Gasteiger charge is -2.17. The van der Waals surface area contributed by atoms with Gasteiger partial charge in [0.15, 0.2) is 11.6 Å². The van der Waals surface area contributed by atoms with Crippen molar-refractivity contribution in [1.82, 2.24) is 9.97 Å². The van der Waals surface area contributed by atoms with Gasteiger partial charge in [-0.1, -0.05) is 0 Å². The Morgan fingerprint density at radius 1 is 1.62 bits per heavy atom. The third-order valence-corrected chi connectivity index (χ3v) is 2.73. The largest absolute Gasteiger partial charge is 0.491 e. The molecule has 0 bridgehead atoms. The summed E-state index contributed by atoms with van der Waals surface area (Å²) in [6.45, 7) is 0.407. The lowest BCUT2D eigenvalue weighted by molar-refractivity contribution is -0.117. The molecule has 16 heavy (non-hydrogen) atoms. The van der Waals surface area contributed by atoms with Crippen LogP contribution in [-0.4, -0.2) is 34.9 Å². The second-order valence-electron chi connectivity index (χ2n) is 3.34. The molecule has 0 radical (unpaired) electrons. The highest BCUT2D eigenvalue weighted by atomic mass is 35.5. The van der Waals surface area contributed by atoms with E-state index in [9.17, 15) is 4.79 Å². The molecular weight excluding hydrogens is 253 g/mol. The maximum atomic E-state index is 11.6. The molecule has 0 aromatic carbocycles. The van der Waals surface area contributed by atoms with Gasteiger partial charge in [0.25, 0.3) is 0 Å². The van der Waals surface area contributed by atoms with E-state index in [2.05, 4.69) is 9.97 Å². The first-order valence-electron chi connectivity index (χ1n) is 4.62. The first-order chi connectivity index (χ1) is 7.61. The minimum absolute atomic E-state index is 0.0709. The molecule has 1 amide bonds. The second kappa shape index (κ2) is 4.43. The van der Waals surface area contributed by atoms with Crippen molar-refractivity contribution >= 4 is 34.9 Å². The molecule has 86 valence electrons. The van der Waals surface area contributed by atoms with Gasteiger partial charge in [-0.25, -0.2) is 4.98 Å². The van der Waals surface area contributed by atoms with Gasteiger partial charge < -0.3 is 4.74 Å². The standard InChI is InChI=1S/C9H9Cl2N3O2/c1-16-6-3-12-9(11)13-8(6)14-4-5(10)2-7(14)15/h3,5H,2,4H2,1H3. The number of anilines is 1. The molecule has 0 N–H and O–H groups in total. The van der Waals surface area contributed by atoms with Crippen LogP contribution in [0.25, 0.3) is 0 Å². The first kappa shape index (κ1) is 11.4. The Kier molecular flexibility index (Phi) is 3.16. The lowest BCUT2D eigenvalue weighted by Crippen LogP contribution is -2.26. The molecule has 0 aliphatic carbocycles. The number of hydrogen-bond donors (Lipinski definition) is 0. The number of methoxy groups -OCH3 is 1. The molecule has 7 heteroatoms. The number of nitrogens with zero attached hydrogens (tertiary/aromatic N) is 3. The van der Waals surface area contributed by atoms with Gasteiger partial charge in [0.05, 0.1) is 18.7 Å². The van der Waals surface area contributed by atoms with E-state index in [1.807, 2.05) is 0 Å². The molecule has 1 aromatic heterocycles. The fourth-order valence-corrected chi connectivity index (χ4v) is 1.95. The Balaban J connectivity index is 2.39. The van der Waals surface area contributed by atoms with Crippen molar-refractivity contribution in [3.8, 4) is 5.75 Å². The molecule has 2 heterocycles. The van der Waals surface area contributed by atoms with Crippen LogP contribution in [0.5, 0.6) is 5.75 Å². The van der Waals surface area contributed by atoms with Crippen molar-refractivity contribution in [1.29, 1.82) is 0 Å². The quantitative estimate of drug-likeness (QED) is 0.598. The van der Waals surface area contributed by atoms with Crippen LogP contribution in [0.15, 0.2) is 6.20 Å². The van der Waals surface area contributed by atoms with E-state index < -0.39 is 0 Å². The van der Waals surface area contributed by atoms with Gasteiger partial charge in [0, 0.05) is 13.0 Å².